The molecule has 3 aromatic rings. The van der Waals surface area contributed by atoms with Gasteiger partial charge in [0, 0.05) is 26.0 Å². The Kier molecular flexibility index (Phi) is 4.48. The van der Waals surface area contributed by atoms with Crippen LogP contribution in [-0.4, -0.2) is 9.55 Å². The second-order valence-electron chi connectivity index (χ2n) is 5.39. The monoisotopic (exact) mass is 313 g/mol. The molecule has 0 fully saturated rings. The van der Waals surface area contributed by atoms with Gasteiger partial charge in [-0.1, -0.05) is 24.3 Å². The Hall–Kier alpha value is -2.53. The van der Waals surface area contributed by atoms with Crippen molar-refractivity contribution in [3.63, 3.8) is 0 Å². The van der Waals surface area contributed by atoms with Crippen molar-refractivity contribution in [2.75, 3.05) is 0 Å². The van der Waals surface area contributed by atoms with E-state index in [1.165, 1.54) is 24.3 Å². The molecular weight excluding hydrogens is 296 g/mol. The topological polar surface area (TPSA) is 29.9 Å². The minimum atomic E-state index is -0.287. The number of aromatic nitrogens is 2. The second kappa shape index (κ2) is 6.71. The lowest BCUT2D eigenvalue weighted by Crippen LogP contribution is -2.25. The number of aryl methyl sites for hydroxylation is 1. The average molecular weight is 313 g/mol. The van der Waals surface area contributed by atoms with Gasteiger partial charge in [0.05, 0.1) is 6.04 Å². The van der Waals surface area contributed by atoms with Crippen molar-refractivity contribution in [1.29, 1.82) is 0 Å². The van der Waals surface area contributed by atoms with Crippen LogP contribution in [0.25, 0.3) is 0 Å². The van der Waals surface area contributed by atoms with Gasteiger partial charge in [-0.2, -0.15) is 0 Å². The largest absolute Gasteiger partial charge is 0.336 e. The first-order valence-corrected chi connectivity index (χ1v) is 7.34. The smallest absolute Gasteiger partial charge is 0.130 e. The lowest BCUT2D eigenvalue weighted by atomic mass is 10.1. The van der Waals surface area contributed by atoms with Gasteiger partial charge >= 0.3 is 0 Å². The summed E-state index contributed by atoms with van der Waals surface area (Å²) in [7, 11) is 1.90. The molecule has 2 aromatic carbocycles. The van der Waals surface area contributed by atoms with Gasteiger partial charge in [-0.3, -0.25) is 5.32 Å². The molecule has 0 spiro atoms. The van der Waals surface area contributed by atoms with Crippen LogP contribution in [0.1, 0.15) is 23.0 Å². The molecule has 0 saturated carbocycles. The lowest BCUT2D eigenvalue weighted by Gasteiger charge is -2.19. The molecule has 0 aliphatic heterocycles. The van der Waals surface area contributed by atoms with Gasteiger partial charge in [0.25, 0.3) is 0 Å². The highest BCUT2D eigenvalue weighted by molar-refractivity contribution is 5.26. The molecule has 5 heteroatoms. The Labute approximate surface area is 133 Å². The first-order chi connectivity index (χ1) is 11.1. The summed E-state index contributed by atoms with van der Waals surface area (Å²) in [6.07, 6.45) is 3.56. The Bertz CT molecular complexity index is 781. The van der Waals surface area contributed by atoms with Crippen molar-refractivity contribution in [3.05, 3.63) is 89.5 Å². The van der Waals surface area contributed by atoms with E-state index in [1.807, 2.05) is 23.9 Å². The molecule has 1 atom stereocenters. The molecule has 0 aliphatic rings. The standard InChI is InChI=1S/C18H17F2N3/c1-23-10-9-21-18(23)17(14-3-2-4-16(20)11-14)22-12-13-5-7-15(19)8-6-13/h2-11,17,22H,12H2,1H3. The van der Waals surface area contributed by atoms with E-state index in [1.54, 1.807) is 24.4 Å². The Morgan fingerprint density at radius 3 is 2.52 bits per heavy atom. The molecule has 118 valence electrons. The normalized spacial score (nSPS) is 12.3. The summed E-state index contributed by atoms with van der Waals surface area (Å²) in [5.74, 6) is 0.238. The van der Waals surface area contributed by atoms with E-state index in [4.69, 9.17) is 0 Å². The molecule has 1 heterocycles. The van der Waals surface area contributed by atoms with E-state index in [0.29, 0.717) is 6.54 Å². The molecule has 23 heavy (non-hydrogen) atoms. The van der Waals surface area contributed by atoms with Gasteiger partial charge in [0.1, 0.15) is 17.5 Å². The maximum atomic E-state index is 13.6. The minimum Gasteiger partial charge on any atom is -0.336 e. The van der Waals surface area contributed by atoms with E-state index < -0.39 is 0 Å². The molecule has 0 amide bonds. The Morgan fingerprint density at radius 2 is 1.87 bits per heavy atom. The fourth-order valence-corrected chi connectivity index (χ4v) is 2.52. The van der Waals surface area contributed by atoms with Gasteiger partial charge in [0.15, 0.2) is 0 Å². The predicted molar refractivity (Wildman–Crippen MR) is 84.7 cm³/mol. The first kappa shape index (κ1) is 15.4. The first-order valence-electron chi connectivity index (χ1n) is 7.34. The van der Waals surface area contributed by atoms with Gasteiger partial charge in [-0.15, -0.1) is 0 Å². The van der Waals surface area contributed by atoms with Crippen LogP contribution in [-0.2, 0) is 13.6 Å². The number of hydrogen-bond donors (Lipinski definition) is 1. The maximum absolute atomic E-state index is 13.6. The van der Waals surface area contributed by atoms with Gasteiger partial charge in [-0.05, 0) is 35.4 Å². The summed E-state index contributed by atoms with van der Waals surface area (Å²) in [4.78, 5) is 4.37. The van der Waals surface area contributed by atoms with E-state index >= 15 is 0 Å². The Morgan fingerprint density at radius 1 is 1.09 bits per heavy atom. The molecule has 1 aromatic heterocycles. The highest BCUT2D eigenvalue weighted by atomic mass is 19.1. The highest BCUT2D eigenvalue weighted by Gasteiger charge is 2.18. The second-order valence-corrected chi connectivity index (χ2v) is 5.39. The third-order valence-electron chi connectivity index (χ3n) is 3.72. The molecular formula is C18H17F2N3. The van der Waals surface area contributed by atoms with Crippen molar-refractivity contribution < 1.29 is 8.78 Å². The molecule has 0 aliphatic carbocycles. The minimum absolute atomic E-state index is 0.254. The fourth-order valence-electron chi connectivity index (χ4n) is 2.52. The van der Waals surface area contributed by atoms with Gasteiger partial charge in [-0.25, -0.2) is 13.8 Å². The summed E-state index contributed by atoms with van der Waals surface area (Å²) in [5.41, 5.74) is 1.74. The zero-order valence-electron chi connectivity index (χ0n) is 12.7. The SMILES string of the molecule is Cn1ccnc1C(NCc1ccc(F)cc1)c1cccc(F)c1. The molecule has 0 radical (unpaired) electrons. The zero-order valence-corrected chi connectivity index (χ0v) is 12.7. The zero-order chi connectivity index (χ0) is 16.2. The third kappa shape index (κ3) is 3.63. The van der Waals surface area contributed by atoms with E-state index in [0.717, 1.165) is 17.0 Å². The quantitative estimate of drug-likeness (QED) is 0.780. The van der Waals surface area contributed by atoms with Crippen molar-refractivity contribution in [1.82, 2.24) is 14.9 Å². The highest BCUT2D eigenvalue weighted by Crippen LogP contribution is 2.21. The van der Waals surface area contributed by atoms with E-state index in [9.17, 15) is 8.78 Å². The maximum Gasteiger partial charge on any atom is 0.130 e. The van der Waals surface area contributed by atoms with E-state index in [2.05, 4.69) is 10.3 Å². The van der Waals surface area contributed by atoms with Gasteiger partial charge in [0.2, 0.25) is 0 Å². The summed E-state index contributed by atoms with van der Waals surface area (Å²) >= 11 is 0. The fraction of sp³-hybridized carbons (Fsp3) is 0.167. The third-order valence-corrected chi connectivity index (χ3v) is 3.72. The molecule has 3 nitrogen and oxygen atoms in total. The number of nitrogens with zero attached hydrogens (tertiary/aromatic N) is 2. The summed E-state index contributed by atoms with van der Waals surface area (Å²) in [6.45, 7) is 0.522. The Balaban J connectivity index is 1.86. The lowest BCUT2D eigenvalue weighted by molar-refractivity contribution is 0.550. The average Bonchev–Trinajstić information content (AvgIpc) is 2.96. The number of halogens is 2. The summed E-state index contributed by atoms with van der Waals surface area (Å²) < 4.78 is 28.5. The van der Waals surface area contributed by atoms with E-state index in [-0.39, 0.29) is 17.7 Å². The molecule has 1 N–H and O–H groups in total. The van der Waals surface area contributed by atoms with Crippen LogP contribution >= 0.6 is 0 Å². The number of rotatable bonds is 5. The predicted octanol–water partition coefficient (Wildman–Crippen LogP) is 3.58. The van der Waals surface area contributed by atoms with Crippen LogP contribution in [0.4, 0.5) is 8.78 Å². The number of imidazole rings is 1. The molecule has 1 unspecified atom stereocenters. The van der Waals surface area contributed by atoms with Crippen LogP contribution in [0.5, 0.6) is 0 Å². The van der Waals surface area contributed by atoms with Crippen molar-refractivity contribution in [3.8, 4) is 0 Å². The van der Waals surface area contributed by atoms with Crippen molar-refractivity contribution in [2.45, 2.75) is 12.6 Å². The van der Waals surface area contributed by atoms with Crippen LogP contribution < -0.4 is 5.32 Å². The number of nitrogens with one attached hydrogen (secondary N) is 1. The number of benzene rings is 2. The van der Waals surface area contributed by atoms with Crippen LogP contribution in [0, 0.1) is 11.6 Å². The summed E-state index contributed by atoms with van der Waals surface area (Å²) in [5, 5.41) is 3.37. The van der Waals surface area contributed by atoms with Crippen molar-refractivity contribution in [2.24, 2.45) is 7.05 Å². The summed E-state index contributed by atoms with van der Waals surface area (Å²) in [6, 6.07) is 12.5. The van der Waals surface area contributed by atoms with Crippen LogP contribution in [0.2, 0.25) is 0 Å². The molecule has 3 rings (SSSR count). The van der Waals surface area contributed by atoms with Gasteiger partial charge < -0.3 is 4.57 Å². The van der Waals surface area contributed by atoms with Crippen LogP contribution in [0.15, 0.2) is 60.9 Å². The van der Waals surface area contributed by atoms with Crippen molar-refractivity contribution >= 4 is 0 Å². The van der Waals surface area contributed by atoms with Crippen LogP contribution in [0.3, 0.4) is 0 Å². The molecule has 0 saturated heterocycles. The number of hydrogen-bond acceptors (Lipinski definition) is 2. The molecule has 0 bridgehead atoms.